The molecule has 0 radical (unpaired) electrons. The van der Waals surface area contributed by atoms with Gasteiger partial charge >= 0.3 is 0 Å². The van der Waals surface area contributed by atoms with Gasteiger partial charge < -0.3 is 19.3 Å². The van der Waals surface area contributed by atoms with Gasteiger partial charge in [0.15, 0.2) is 11.5 Å². The van der Waals surface area contributed by atoms with Crippen molar-refractivity contribution in [2.45, 2.75) is 32.0 Å². The second kappa shape index (κ2) is 12.3. The molecule has 0 atom stereocenters. The zero-order valence-electron chi connectivity index (χ0n) is 22.4. The molecular weight excluding hydrogens is 498 g/mol. The summed E-state index contributed by atoms with van der Waals surface area (Å²) in [7, 11) is 3.27. The molecule has 8 heteroatoms. The van der Waals surface area contributed by atoms with Crippen molar-refractivity contribution in [3.63, 3.8) is 0 Å². The third kappa shape index (κ3) is 6.57. The molecule has 3 aromatic rings. The van der Waals surface area contributed by atoms with Crippen LogP contribution in [0.2, 0.25) is 0 Å². The van der Waals surface area contributed by atoms with E-state index in [2.05, 4.69) is 19.7 Å². The van der Waals surface area contributed by atoms with Gasteiger partial charge in [0.1, 0.15) is 11.6 Å². The fourth-order valence-corrected chi connectivity index (χ4v) is 5.28. The van der Waals surface area contributed by atoms with E-state index in [1.807, 2.05) is 55.0 Å². The minimum atomic E-state index is -0.234. The topological polar surface area (TPSA) is 40.5 Å². The van der Waals surface area contributed by atoms with Crippen molar-refractivity contribution in [2.24, 2.45) is 4.99 Å². The van der Waals surface area contributed by atoms with Crippen LogP contribution in [0.3, 0.4) is 0 Å². The molecule has 0 amide bonds. The lowest BCUT2D eigenvalue weighted by atomic mass is 10.0. The van der Waals surface area contributed by atoms with Crippen molar-refractivity contribution in [1.82, 2.24) is 9.80 Å². The average molecular weight is 533 g/mol. The summed E-state index contributed by atoms with van der Waals surface area (Å²) < 4.78 is 37.9. The van der Waals surface area contributed by atoms with Crippen molar-refractivity contribution in [3.8, 4) is 11.5 Å². The molecule has 0 aromatic heterocycles. The van der Waals surface area contributed by atoms with Gasteiger partial charge in [-0.1, -0.05) is 24.3 Å². The Bertz CT molecular complexity index is 1260. The van der Waals surface area contributed by atoms with E-state index in [1.165, 1.54) is 30.0 Å². The highest BCUT2D eigenvalue weighted by molar-refractivity contribution is 5.82. The molecule has 5 rings (SSSR count). The van der Waals surface area contributed by atoms with E-state index < -0.39 is 0 Å². The second-order valence-electron chi connectivity index (χ2n) is 9.93. The van der Waals surface area contributed by atoms with E-state index in [0.29, 0.717) is 30.6 Å². The van der Waals surface area contributed by atoms with Crippen molar-refractivity contribution < 1.29 is 18.3 Å². The number of likely N-dealkylation sites (tertiary alicyclic amines) is 1. The summed E-state index contributed by atoms with van der Waals surface area (Å²) in [6, 6.07) is 19.6. The molecule has 1 fully saturated rings. The van der Waals surface area contributed by atoms with Gasteiger partial charge in [-0.2, -0.15) is 0 Å². The summed E-state index contributed by atoms with van der Waals surface area (Å²) in [5, 5.41) is 0. The minimum absolute atomic E-state index is 0.234. The molecule has 204 valence electrons. The number of rotatable bonds is 9. The maximum absolute atomic E-state index is 13.5. The van der Waals surface area contributed by atoms with Gasteiger partial charge in [-0.05, 0) is 60.4 Å². The maximum Gasteiger partial charge on any atom is 0.162 e. The predicted octanol–water partition coefficient (Wildman–Crippen LogP) is 5.84. The molecule has 1 saturated heterocycles. The summed E-state index contributed by atoms with van der Waals surface area (Å²) >= 11 is 0. The van der Waals surface area contributed by atoms with Crippen LogP contribution in [-0.4, -0.2) is 56.0 Å². The van der Waals surface area contributed by atoms with E-state index in [-0.39, 0.29) is 11.6 Å². The lowest BCUT2D eigenvalue weighted by Crippen LogP contribution is -2.45. The largest absolute Gasteiger partial charge is 0.493 e. The Balaban J connectivity index is 1.24. The van der Waals surface area contributed by atoms with Crippen LogP contribution in [0.5, 0.6) is 11.5 Å². The normalized spacial score (nSPS) is 16.0. The molecule has 0 spiro atoms. The zero-order valence-corrected chi connectivity index (χ0v) is 22.4. The summed E-state index contributed by atoms with van der Waals surface area (Å²) in [5.41, 5.74) is 4.29. The predicted molar refractivity (Wildman–Crippen MR) is 150 cm³/mol. The number of ether oxygens (including phenoxy) is 2. The standard InChI is InChI=1S/C31H34F2N4O2/c1-38-30-12-11-28(17-31(30)39-2)37-21-29(18-34-22-37)35-15-13-27(14-16-35)36(19-23-3-7-25(32)8-4-23)20-24-5-9-26(33)10-6-24/h3-12,17-18,22,27H,13-16,19-21H2,1-2H3. The number of piperidine rings is 1. The van der Waals surface area contributed by atoms with Crippen molar-refractivity contribution in [1.29, 1.82) is 0 Å². The van der Waals surface area contributed by atoms with E-state index in [1.54, 1.807) is 14.2 Å². The SMILES string of the molecule is COc1ccc(N2C=NC=C(N3CCC(N(Cc4ccc(F)cc4)Cc4ccc(F)cc4)CC3)C2)cc1OC. The molecule has 2 heterocycles. The van der Waals surface area contributed by atoms with Crippen LogP contribution in [0.4, 0.5) is 14.5 Å². The lowest BCUT2D eigenvalue weighted by molar-refractivity contribution is 0.110. The molecule has 0 N–H and O–H groups in total. The van der Waals surface area contributed by atoms with E-state index in [0.717, 1.165) is 49.3 Å². The van der Waals surface area contributed by atoms with E-state index in [9.17, 15) is 8.78 Å². The van der Waals surface area contributed by atoms with Gasteiger partial charge in [0.05, 0.1) is 32.8 Å². The van der Waals surface area contributed by atoms with Gasteiger partial charge in [0, 0.05) is 50.2 Å². The van der Waals surface area contributed by atoms with Crippen molar-refractivity contribution in [2.75, 3.05) is 38.8 Å². The van der Waals surface area contributed by atoms with Gasteiger partial charge in [0.25, 0.3) is 0 Å². The average Bonchev–Trinajstić information content (AvgIpc) is 2.99. The molecule has 39 heavy (non-hydrogen) atoms. The van der Waals surface area contributed by atoms with Crippen LogP contribution in [-0.2, 0) is 13.1 Å². The molecule has 6 nitrogen and oxygen atoms in total. The van der Waals surface area contributed by atoms with Crippen LogP contribution >= 0.6 is 0 Å². The fourth-order valence-electron chi connectivity index (χ4n) is 5.28. The first kappa shape index (κ1) is 26.7. The first-order valence-corrected chi connectivity index (χ1v) is 13.2. The number of aliphatic imine (C=N–C) groups is 1. The molecule has 3 aromatic carbocycles. The number of nitrogens with zero attached hydrogens (tertiary/aromatic N) is 4. The number of hydrogen-bond donors (Lipinski definition) is 0. The maximum atomic E-state index is 13.5. The van der Waals surface area contributed by atoms with Crippen LogP contribution in [0.25, 0.3) is 0 Å². The van der Waals surface area contributed by atoms with Crippen molar-refractivity contribution >= 4 is 12.0 Å². The molecule has 0 bridgehead atoms. The smallest absolute Gasteiger partial charge is 0.162 e. The molecule has 0 aliphatic carbocycles. The zero-order chi connectivity index (χ0) is 27.2. The molecule has 0 saturated carbocycles. The van der Waals surface area contributed by atoms with Gasteiger partial charge in [-0.3, -0.25) is 4.90 Å². The summed E-state index contributed by atoms with van der Waals surface area (Å²) in [6.45, 7) is 3.97. The van der Waals surface area contributed by atoms with Crippen LogP contribution in [0, 0.1) is 11.6 Å². The molecule has 2 aliphatic heterocycles. The Morgan fingerprint density at radius 2 is 1.41 bits per heavy atom. The Morgan fingerprint density at radius 1 is 0.821 bits per heavy atom. The van der Waals surface area contributed by atoms with Crippen LogP contribution in [0.1, 0.15) is 24.0 Å². The minimum Gasteiger partial charge on any atom is -0.493 e. The van der Waals surface area contributed by atoms with E-state index in [4.69, 9.17) is 9.47 Å². The lowest BCUT2D eigenvalue weighted by Gasteiger charge is -2.41. The number of methoxy groups -OCH3 is 2. The first-order chi connectivity index (χ1) is 19.0. The van der Waals surface area contributed by atoms with Gasteiger partial charge in [-0.15, -0.1) is 0 Å². The molecular formula is C31H34F2N4O2. The third-order valence-corrected chi connectivity index (χ3v) is 7.45. The highest BCUT2D eigenvalue weighted by atomic mass is 19.1. The number of hydrogen-bond acceptors (Lipinski definition) is 6. The fraction of sp³-hybridized carbons (Fsp3) is 0.323. The van der Waals surface area contributed by atoms with Crippen LogP contribution < -0.4 is 14.4 Å². The highest BCUT2D eigenvalue weighted by Crippen LogP contribution is 2.32. The molecule has 2 aliphatic rings. The summed E-state index contributed by atoms with van der Waals surface area (Å²) in [5.74, 6) is 0.909. The van der Waals surface area contributed by atoms with Crippen molar-refractivity contribution in [3.05, 3.63) is 101 Å². The van der Waals surface area contributed by atoms with Gasteiger partial charge in [0.2, 0.25) is 0 Å². The summed E-state index contributed by atoms with van der Waals surface area (Å²) in [4.78, 5) is 11.5. The number of benzene rings is 3. The Labute approximate surface area is 228 Å². The first-order valence-electron chi connectivity index (χ1n) is 13.2. The molecule has 0 unspecified atom stereocenters. The highest BCUT2D eigenvalue weighted by Gasteiger charge is 2.27. The Hall–Kier alpha value is -3.91. The quantitative estimate of drug-likeness (QED) is 0.346. The number of halogens is 2. The Kier molecular flexibility index (Phi) is 8.42. The summed E-state index contributed by atoms with van der Waals surface area (Å²) in [6.07, 6.45) is 5.76. The monoisotopic (exact) mass is 532 g/mol. The third-order valence-electron chi connectivity index (χ3n) is 7.45. The van der Waals surface area contributed by atoms with Crippen LogP contribution in [0.15, 0.2) is 83.6 Å². The number of anilines is 1. The second-order valence-corrected chi connectivity index (χ2v) is 9.93. The van der Waals surface area contributed by atoms with Gasteiger partial charge in [-0.25, -0.2) is 13.8 Å². The Morgan fingerprint density at radius 3 is 1.97 bits per heavy atom. The van der Waals surface area contributed by atoms with E-state index >= 15 is 0 Å².